The van der Waals surface area contributed by atoms with Gasteiger partial charge in [-0.05, 0) is 43.2 Å². The lowest BCUT2D eigenvalue weighted by molar-refractivity contribution is -0.137. The Bertz CT molecular complexity index is 1080. The molecule has 5 nitrogen and oxygen atoms in total. The second-order valence-electron chi connectivity index (χ2n) is 7.16. The average Bonchev–Trinajstić information content (AvgIpc) is 3.30. The maximum absolute atomic E-state index is 12.9. The average molecular weight is 401 g/mol. The van der Waals surface area contributed by atoms with Crippen LogP contribution in [0.15, 0.2) is 47.0 Å². The summed E-state index contributed by atoms with van der Waals surface area (Å²) in [4.78, 5) is 18.5. The van der Waals surface area contributed by atoms with Crippen LogP contribution >= 0.6 is 0 Å². The number of benzene rings is 2. The van der Waals surface area contributed by atoms with E-state index in [1.54, 1.807) is 4.90 Å². The molecular formula is C21H18F3N3O2. The van der Waals surface area contributed by atoms with Gasteiger partial charge in [0.1, 0.15) is 0 Å². The number of alkyl halides is 3. The van der Waals surface area contributed by atoms with E-state index in [-0.39, 0.29) is 35.5 Å². The third-order valence-corrected chi connectivity index (χ3v) is 5.23. The fourth-order valence-electron chi connectivity index (χ4n) is 3.49. The summed E-state index contributed by atoms with van der Waals surface area (Å²) in [5.74, 6) is -0.0423. The first kappa shape index (κ1) is 19.2. The Balaban J connectivity index is 1.58. The van der Waals surface area contributed by atoms with E-state index in [0.29, 0.717) is 6.54 Å². The summed E-state index contributed by atoms with van der Waals surface area (Å²) in [6, 6.07) is 10.5. The summed E-state index contributed by atoms with van der Waals surface area (Å²) in [6.45, 7) is 4.33. The number of aromatic nitrogens is 2. The second-order valence-corrected chi connectivity index (χ2v) is 7.16. The first-order valence-electron chi connectivity index (χ1n) is 9.12. The summed E-state index contributed by atoms with van der Waals surface area (Å²) in [7, 11) is 0. The molecule has 29 heavy (non-hydrogen) atoms. The smallest absolute Gasteiger partial charge is 0.339 e. The van der Waals surface area contributed by atoms with Crippen LogP contribution in [0.25, 0.3) is 11.4 Å². The third-order valence-electron chi connectivity index (χ3n) is 5.23. The van der Waals surface area contributed by atoms with E-state index in [2.05, 4.69) is 10.1 Å². The zero-order valence-corrected chi connectivity index (χ0v) is 15.8. The first-order valence-corrected chi connectivity index (χ1v) is 9.12. The lowest BCUT2D eigenvalue weighted by Crippen LogP contribution is -2.25. The topological polar surface area (TPSA) is 59.2 Å². The van der Waals surface area contributed by atoms with E-state index in [4.69, 9.17) is 4.52 Å². The van der Waals surface area contributed by atoms with E-state index in [9.17, 15) is 18.0 Å². The fourth-order valence-corrected chi connectivity index (χ4v) is 3.49. The van der Waals surface area contributed by atoms with E-state index >= 15 is 0 Å². The van der Waals surface area contributed by atoms with Crippen molar-refractivity contribution < 1.29 is 22.5 Å². The number of carbonyl (C=O) groups excluding carboxylic acids is 1. The Morgan fingerprint density at radius 3 is 2.66 bits per heavy atom. The molecule has 1 amide bonds. The largest absolute Gasteiger partial charge is 0.416 e. The summed E-state index contributed by atoms with van der Waals surface area (Å²) in [5.41, 5.74) is 2.39. The van der Waals surface area contributed by atoms with Gasteiger partial charge in [0.2, 0.25) is 17.6 Å². The number of amides is 1. The number of hydrogen-bond acceptors (Lipinski definition) is 4. The van der Waals surface area contributed by atoms with Crippen molar-refractivity contribution in [1.82, 2.24) is 10.1 Å². The number of nitrogens with zero attached hydrogens (tertiary/aromatic N) is 3. The van der Waals surface area contributed by atoms with Crippen molar-refractivity contribution in [1.29, 1.82) is 0 Å². The second kappa shape index (κ2) is 7.02. The monoisotopic (exact) mass is 401 g/mol. The predicted octanol–water partition coefficient (Wildman–Crippen LogP) is 4.89. The molecule has 3 aromatic rings. The highest BCUT2D eigenvalue weighted by Crippen LogP contribution is 2.35. The van der Waals surface area contributed by atoms with Gasteiger partial charge in [-0.3, -0.25) is 4.79 Å². The van der Waals surface area contributed by atoms with Crippen molar-refractivity contribution in [3.8, 4) is 11.4 Å². The van der Waals surface area contributed by atoms with Crippen LogP contribution in [0.2, 0.25) is 0 Å². The van der Waals surface area contributed by atoms with Crippen LogP contribution in [0.3, 0.4) is 0 Å². The molecule has 2 heterocycles. The lowest BCUT2D eigenvalue weighted by atomic mass is 10.1. The molecule has 0 saturated carbocycles. The molecule has 2 aromatic carbocycles. The number of aryl methyl sites for hydroxylation is 1. The van der Waals surface area contributed by atoms with Crippen molar-refractivity contribution in [3.05, 3.63) is 65.0 Å². The van der Waals surface area contributed by atoms with Crippen LogP contribution in [-0.2, 0) is 11.0 Å². The van der Waals surface area contributed by atoms with Crippen molar-refractivity contribution in [2.24, 2.45) is 0 Å². The van der Waals surface area contributed by atoms with Gasteiger partial charge in [0.15, 0.2) is 0 Å². The molecule has 1 aliphatic rings. The van der Waals surface area contributed by atoms with Crippen molar-refractivity contribution in [2.45, 2.75) is 32.4 Å². The minimum atomic E-state index is -4.45. The van der Waals surface area contributed by atoms with Gasteiger partial charge in [-0.2, -0.15) is 18.2 Å². The van der Waals surface area contributed by atoms with E-state index in [1.807, 2.05) is 32.0 Å². The van der Waals surface area contributed by atoms with Crippen LogP contribution < -0.4 is 4.90 Å². The lowest BCUT2D eigenvalue weighted by Gasteiger charge is -2.19. The van der Waals surface area contributed by atoms with Gasteiger partial charge in [-0.15, -0.1) is 0 Å². The molecule has 1 aromatic heterocycles. The van der Waals surface area contributed by atoms with Gasteiger partial charge < -0.3 is 9.42 Å². The number of rotatable bonds is 3. The maximum atomic E-state index is 12.9. The van der Waals surface area contributed by atoms with Crippen molar-refractivity contribution in [2.75, 3.05) is 11.4 Å². The molecule has 8 heteroatoms. The quantitative estimate of drug-likeness (QED) is 0.627. The molecule has 1 saturated heterocycles. The molecule has 150 valence electrons. The van der Waals surface area contributed by atoms with E-state index in [1.165, 1.54) is 12.1 Å². The fraction of sp³-hybridized carbons (Fsp3) is 0.286. The minimum Gasteiger partial charge on any atom is -0.339 e. The van der Waals surface area contributed by atoms with Crippen LogP contribution in [0.1, 0.15) is 34.9 Å². The normalized spacial score (nSPS) is 17.2. The summed E-state index contributed by atoms with van der Waals surface area (Å²) < 4.78 is 44.1. The molecule has 0 N–H and O–H groups in total. The Morgan fingerprint density at radius 2 is 1.90 bits per heavy atom. The van der Waals surface area contributed by atoms with Crippen LogP contribution in [-0.4, -0.2) is 22.6 Å². The van der Waals surface area contributed by atoms with Gasteiger partial charge in [0.05, 0.1) is 11.5 Å². The Morgan fingerprint density at radius 1 is 1.14 bits per heavy atom. The van der Waals surface area contributed by atoms with E-state index in [0.717, 1.165) is 28.9 Å². The summed E-state index contributed by atoms with van der Waals surface area (Å²) in [5, 5.41) is 3.83. The molecule has 0 aliphatic carbocycles. The molecule has 1 fully saturated rings. The molecule has 0 spiro atoms. The third kappa shape index (κ3) is 3.62. The highest BCUT2D eigenvalue weighted by Gasteiger charge is 2.36. The molecule has 0 radical (unpaired) electrons. The van der Waals surface area contributed by atoms with Gasteiger partial charge >= 0.3 is 6.18 Å². The number of halogens is 3. The molecule has 1 aliphatic heterocycles. The number of anilines is 1. The van der Waals surface area contributed by atoms with Crippen molar-refractivity contribution in [3.63, 3.8) is 0 Å². The van der Waals surface area contributed by atoms with Gasteiger partial charge in [0.25, 0.3) is 0 Å². The van der Waals surface area contributed by atoms with Crippen LogP contribution in [0.4, 0.5) is 18.9 Å². The number of hydrogen-bond donors (Lipinski definition) is 0. The van der Waals surface area contributed by atoms with E-state index < -0.39 is 11.7 Å². The Hall–Kier alpha value is -3.16. The Labute approximate surface area is 165 Å². The minimum absolute atomic E-state index is 0.0532. The maximum Gasteiger partial charge on any atom is 0.416 e. The first-order chi connectivity index (χ1) is 13.7. The van der Waals surface area contributed by atoms with Gasteiger partial charge in [-0.1, -0.05) is 29.4 Å². The highest BCUT2D eigenvalue weighted by molar-refractivity contribution is 5.97. The standard InChI is InChI=1S/C21H18F3N3O2/c1-12-5-3-8-17(13(12)2)27-11-15(10-18(27)28)20-25-19(26-29-20)14-6-4-7-16(9-14)21(22,23)24/h3-9,15H,10-11H2,1-2H3. The van der Waals surface area contributed by atoms with Crippen molar-refractivity contribution >= 4 is 11.6 Å². The molecule has 1 atom stereocenters. The molecule has 0 bridgehead atoms. The molecule has 1 unspecified atom stereocenters. The number of carbonyl (C=O) groups is 1. The predicted molar refractivity (Wildman–Crippen MR) is 100 cm³/mol. The zero-order chi connectivity index (χ0) is 20.8. The van der Waals surface area contributed by atoms with Crippen LogP contribution in [0.5, 0.6) is 0 Å². The SMILES string of the molecule is Cc1cccc(N2CC(c3nc(-c4cccc(C(F)(F)F)c4)no3)CC2=O)c1C. The Kier molecular flexibility index (Phi) is 4.64. The zero-order valence-electron chi connectivity index (χ0n) is 15.8. The van der Waals surface area contributed by atoms with Gasteiger partial charge in [-0.25, -0.2) is 0 Å². The highest BCUT2D eigenvalue weighted by atomic mass is 19.4. The molecule has 4 rings (SSSR count). The summed E-state index contributed by atoms with van der Waals surface area (Å²) in [6.07, 6.45) is -4.25. The molecular weight excluding hydrogens is 383 g/mol. The van der Waals surface area contributed by atoms with Crippen LogP contribution in [0, 0.1) is 13.8 Å². The summed E-state index contributed by atoms with van der Waals surface area (Å²) >= 11 is 0. The van der Waals surface area contributed by atoms with Gasteiger partial charge in [0, 0.05) is 24.2 Å².